The van der Waals surface area contributed by atoms with Gasteiger partial charge in [-0.15, -0.1) is 0 Å². The summed E-state index contributed by atoms with van der Waals surface area (Å²) in [5.41, 5.74) is 0. The van der Waals surface area contributed by atoms with Gasteiger partial charge in [0.1, 0.15) is 10.5 Å². The van der Waals surface area contributed by atoms with Crippen molar-refractivity contribution >= 4 is 9.84 Å². The van der Waals surface area contributed by atoms with Gasteiger partial charge >= 0.3 is 24.2 Å². The molecule has 23 heavy (non-hydrogen) atoms. The van der Waals surface area contributed by atoms with E-state index in [-0.39, 0.29) is 0 Å². The Kier molecular flexibility index (Phi) is 6.08. The normalized spacial score (nSPS) is 17.9. The molecule has 0 saturated heterocycles. The van der Waals surface area contributed by atoms with E-state index in [2.05, 4.69) is 0 Å². The van der Waals surface area contributed by atoms with E-state index in [0.29, 0.717) is 13.8 Å². The van der Waals surface area contributed by atoms with Crippen molar-refractivity contribution in [2.75, 3.05) is 0 Å². The van der Waals surface area contributed by atoms with Crippen LogP contribution in [0.4, 0.5) is 43.9 Å². The lowest BCUT2D eigenvalue weighted by Gasteiger charge is -2.34. The Labute approximate surface area is 124 Å². The van der Waals surface area contributed by atoms with Gasteiger partial charge in [-0.1, -0.05) is 13.8 Å². The van der Waals surface area contributed by atoms with Crippen LogP contribution in [0.2, 0.25) is 0 Å². The van der Waals surface area contributed by atoms with Crippen LogP contribution in [-0.4, -0.2) is 43.1 Å². The number of rotatable bonds is 6. The monoisotopic (exact) mass is 386 g/mol. The third kappa shape index (κ3) is 3.85. The number of hydrogen-bond donors (Lipinski definition) is 0. The van der Waals surface area contributed by atoms with Crippen LogP contribution in [0.1, 0.15) is 26.7 Å². The molecule has 0 aromatic rings. The maximum absolute atomic E-state index is 13.2. The van der Waals surface area contributed by atoms with Gasteiger partial charge in [-0.2, -0.15) is 43.9 Å². The van der Waals surface area contributed by atoms with E-state index < -0.39 is 57.4 Å². The van der Waals surface area contributed by atoms with Crippen LogP contribution in [0, 0.1) is 0 Å². The summed E-state index contributed by atoms with van der Waals surface area (Å²) in [4.78, 5) is 0. The smallest absolute Gasteiger partial charge is 0.228 e. The van der Waals surface area contributed by atoms with Crippen LogP contribution >= 0.6 is 0 Å². The molecule has 0 amide bonds. The zero-order chi connectivity index (χ0) is 19.1. The van der Waals surface area contributed by atoms with Gasteiger partial charge in [0, 0.05) is 0 Å². The zero-order valence-corrected chi connectivity index (χ0v) is 12.4. The van der Waals surface area contributed by atoms with Crippen molar-refractivity contribution in [3.05, 3.63) is 0 Å². The Morgan fingerprint density at radius 1 is 0.652 bits per heavy atom. The minimum atomic E-state index is -6.42. The molecule has 0 aliphatic rings. The fourth-order valence-corrected chi connectivity index (χ4v) is 4.37. The van der Waals surface area contributed by atoms with E-state index in [9.17, 15) is 52.3 Å². The van der Waals surface area contributed by atoms with Crippen molar-refractivity contribution in [1.82, 2.24) is 0 Å². The summed E-state index contributed by atoms with van der Waals surface area (Å²) in [6, 6.07) is 0. The Balaban J connectivity index is 6.21. The topological polar surface area (TPSA) is 34.1 Å². The molecule has 2 unspecified atom stereocenters. The van der Waals surface area contributed by atoms with Crippen LogP contribution in [0.5, 0.6) is 0 Å². The number of alkyl halides is 10. The maximum Gasteiger partial charge on any atom is 0.454 e. The highest BCUT2D eigenvalue weighted by Gasteiger charge is 2.71. The molecule has 2 nitrogen and oxygen atoms in total. The van der Waals surface area contributed by atoms with Gasteiger partial charge < -0.3 is 0 Å². The quantitative estimate of drug-likeness (QED) is 0.636. The van der Waals surface area contributed by atoms with E-state index in [1.807, 2.05) is 0 Å². The van der Waals surface area contributed by atoms with Gasteiger partial charge in [0.05, 0.1) is 0 Å². The highest BCUT2D eigenvalue weighted by Crippen LogP contribution is 2.47. The van der Waals surface area contributed by atoms with Gasteiger partial charge in [0.15, 0.2) is 9.84 Å². The molecule has 0 N–H and O–H groups in total. The number of hydrogen-bond acceptors (Lipinski definition) is 2. The fourth-order valence-electron chi connectivity index (χ4n) is 1.95. The van der Waals surface area contributed by atoms with Crippen molar-refractivity contribution in [3.63, 3.8) is 0 Å². The van der Waals surface area contributed by atoms with Crippen molar-refractivity contribution in [1.29, 1.82) is 0 Å². The van der Waals surface area contributed by atoms with E-state index in [4.69, 9.17) is 0 Å². The molecule has 0 aromatic carbocycles. The molecule has 0 aliphatic carbocycles. The van der Waals surface area contributed by atoms with Crippen molar-refractivity contribution in [3.8, 4) is 0 Å². The molecule has 0 aromatic heterocycles. The molecule has 0 bridgehead atoms. The van der Waals surface area contributed by atoms with Gasteiger partial charge in [-0.3, -0.25) is 0 Å². The Hall–Kier alpha value is -0.750. The fraction of sp³-hybridized carbons (Fsp3) is 1.00. The molecule has 140 valence electrons. The lowest BCUT2D eigenvalue weighted by molar-refractivity contribution is -0.286. The van der Waals surface area contributed by atoms with E-state index in [1.54, 1.807) is 0 Å². The second-order valence-electron chi connectivity index (χ2n) is 4.62. The average molecular weight is 386 g/mol. The first-order valence-corrected chi connectivity index (χ1v) is 7.61. The number of halogens is 10. The Morgan fingerprint density at radius 3 is 1.00 bits per heavy atom. The van der Waals surface area contributed by atoms with Gasteiger partial charge in [0.2, 0.25) is 0 Å². The van der Waals surface area contributed by atoms with Gasteiger partial charge in [-0.25, -0.2) is 8.42 Å². The predicted molar refractivity (Wildman–Crippen MR) is 59.1 cm³/mol. The van der Waals surface area contributed by atoms with Crippen molar-refractivity contribution in [2.24, 2.45) is 0 Å². The average Bonchev–Trinajstić information content (AvgIpc) is 2.25. The standard InChI is InChI=1S/C10H12F10O2S/c1-3-5(7(11,12)9(15,16)17)23(21,22)6(4-2)8(13,14)10(18,19)20/h5-6H,3-4H2,1-2H3. The summed E-state index contributed by atoms with van der Waals surface area (Å²) in [5, 5.41) is -7.51. The van der Waals surface area contributed by atoms with Crippen LogP contribution in [0.15, 0.2) is 0 Å². The first-order valence-electron chi connectivity index (χ1n) is 6.00. The molecule has 0 rings (SSSR count). The molecule has 2 atom stereocenters. The highest BCUT2D eigenvalue weighted by molar-refractivity contribution is 7.92. The summed E-state index contributed by atoms with van der Waals surface area (Å²) < 4.78 is 150. The minimum Gasteiger partial charge on any atom is -0.228 e. The van der Waals surface area contributed by atoms with E-state index in [0.717, 1.165) is 0 Å². The van der Waals surface area contributed by atoms with E-state index >= 15 is 0 Å². The third-order valence-corrected chi connectivity index (χ3v) is 5.94. The van der Waals surface area contributed by atoms with Crippen molar-refractivity contribution in [2.45, 2.75) is 61.4 Å². The van der Waals surface area contributed by atoms with E-state index in [1.165, 1.54) is 0 Å². The van der Waals surface area contributed by atoms with Crippen LogP contribution in [-0.2, 0) is 9.84 Å². The zero-order valence-electron chi connectivity index (χ0n) is 11.6. The minimum absolute atomic E-state index is 0.514. The first kappa shape index (κ1) is 22.2. The predicted octanol–water partition coefficient (Wildman–Crippen LogP) is 4.35. The summed E-state index contributed by atoms with van der Waals surface area (Å²) in [5.74, 6) is -12.0. The van der Waals surface area contributed by atoms with Gasteiger partial charge in [0.25, 0.3) is 0 Å². The summed E-state index contributed by atoms with van der Waals surface area (Å²) in [6.45, 7) is 1.03. The summed E-state index contributed by atoms with van der Waals surface area (Å²) in [7, 11) is -6.18. The molecule has 0 saturated carbocycles. The van der Waals surface area contributed by atoms with Crippen molar-refractivity contribution < 1.29 is 52.3 Å². The molecule has 0 fully saturated rings. The molecule has 0 radical (unpaired) electrons. The molecular formula is C10H12F10O2S. The summed E-state index contributed by atoms with van der Waals surface area (Å²) in [6.07, 6.45) is -15.8. The lowest BCUT2D eigenvalue weighted by atomic mass is 10.1. The molecule has 0 aliphatic heterocycles. The van der Waals surface area contributed by atoms with Crippen LogP contribution in [0.25, 0.3) is 0 Å². The van der Waals surface area contributed by atoms with Crippen LogP contribution in [0.3, 0.4) is 0 Å². The molecule has 0 heterocycles. The first-order chi connectivity index (χ1) is 9.89. The lowest BCUT2D eigenvalue weighted by Crippen LogP contribution is -2.58. The third-order valence-electron chi connectivity index (χ3n) is 3.10. The maximum atomic E-state index is 13.2. The largest absolute Gasteiger partial charge is 0.454 e. The van der Waals surface area contributed by atoms with Gasteiger partial charge in [-0.05, 0) is 12.8 Å². The number of sulfone groups is 1. The highest BCUT2D eigenvalue weighted by atomic mass is 32.2. The molecular weight excluding hydrogens is 374 g/mol. The summed E-state index contributed by atoms with van der Waals surface area (Å²) >= 11 is 0. The molecule has 13 heteroatoms. The Morgan fingerprint density at radius 2 is 0.870 bits per heavy atom. The second-order valence-corrected chi connectivity index (χ2v) is 6.94. The van der Waals surface area contributed by atoms with Crippen LogP contribution < -0.4 is 0 Å². The second kappa shape index (κ2) is 6.28. The molecule has 0 spiro atoms. The SMILES string of the molecule is CCC(C(F)(F)C(F)(F)F)S(=O)(=O)C(CC)C(F)(F)C(F)(F)F. The Bertz CT molecular complexity index is 465.